The molecule has 0 fully saturated rings. The van der Waals surface area contributed by atoms with E-state index in [1.165, 1.54) is 7.11 Å². The highest BCUT2D eigenvalue weighted by Gasteiger charge is 2.33. The first-order valence-electron chi connectivity index (χ1n) is 7.19. The first kappa shape index (κ1) is 17.1. The Kier molecular flexibility index (Phi) is 5.44. The number of methoxy groups -OCH3 is 2. The zero-order chi connectivity index (χ0) is 17.0. The third-order valence-corrected chi connectivity index (χ3v) is 3.72. The fourth-order valence-electron chi connectivity index (χ4n) is 2.53. The number of esters is 1. The van der Waals surface area contributed by atoms with Crippen LogP contribution in [0.1, 0.15) is 25.5 Å². The molecule has 1 aliphatic rings. The number of thiocarbonyl (C=S) groups is 1. The van der Waals surface area contributed by atoms with Crippen molar-refractivity contribution in [3.63, 3.8) is 0 Å². The van der Waals surface area contributed by atoms with Crippen LogP contribution in [0.3, 0.4) is 0 Å². The van der Waals surface area contributed by atoms with E-state index in [2.05, 4.69) is 10.6 Å². The van der Waals surface area contributed by atoms with E-state index in [-0.39, 0.29) is 0 Å². The van der Waals surface area contributed by atoms with Gasteiger partial charge in [-0.2, -0.15) is 0 Å². The summed E-state index contributed by atoms with van der Waals surface area (Å²) in [5.41, 5.74) is 1.86. The highest BCUT2D eigenvalue weighted by molar-refractivity contribution is 7.80. The summed E-state index contributed by atoms with van der Waals surface area (Å²) in [6.07, 6.45) is 0. The van der Waals surface area contributed by atoms with Gasteiger partial charge in [-0.25, -0.2) is 4.79 Å². The second-order valence-corrected chi connectivity index (χ2v) is 5.28. The molecular weight excluding hydrogens is 316 g/mol. The van der Waals surface area contributed by atoms with Crippen molar-refractivity contribution >= 4 is 23.3 Å². The lowest BCUT2D eigenvalue weighted by atomic mass is 9.94. The fraction of sp³-hybridized carbons (Fsp3) is 0.375. The Balaban J connectivity index is 2.60. The Bertz CT molecular complexity index is 657. The van der Waals surface area contributed by atoms with Crippen molar-refractivity contribution in [1.29, 1.82) is 0 Å². The van der Waals surface area contributed by atoms with Crippen LogP contribution in [0.15, 0.2) is 29.5 Å². The molecule has 0 radical (unpaired) electrons. The molecule has 23 heavy (non-hydrogen) atoms. The minimum absolute atomic E-state index is 0.430. The van der Waals surface area contributed by atoms with Crippen LogP contribution in [0.4, 0.5) is 0 Å². The lowest BCUT2D eigenvalue weighted by molar-refractivity contribution is -0.136. The van der Waals surface area contributed by atoms with Crippen LogP contribution in [0, 0.1) is 0 Å². The van der Waals surface area contributed by atoms with Crippen LogP contribution in [-0.2, 0) is 9.53 Å². The van der Waals surface area contributed by atoms with Gasteiger partial charge < -0.3 is 24.8 Å². The Morgan fingerprint density at radius 1 is 1.35 bits per heavy atom. The molecule has 2 N–H and O–H groups in total. The van der Waals surface area contributed by atoms with E-state index in [0.29, 0.717) is 34.5 Å². The molecule has 124 valence electrons. The van der Waals surface area contributed by atoms with Gasteiger partial charge in [0.25, 0.3) is 0 Å². The van der Waals surface area contributed by atoms with Crippen LogP contribution < -0.4 is 20.1 Å². The second-order valence-electron chi connectivity index (χ2n) is 4.87. The maximum Gasteiger partial charge on any atom is 0.337 e. The molecular formula is C16H20N2O4S. The summed E-state index contributed by atoms with van der Waals surface area (Å²) in [7, 11) is 2.92. The molecule has 1 atom stereocenters. The number of carbonyl (C=O) groups excluding carboxylic acids is 1. The van der Waals surface area contributed by atoms with Crippen molar-refractivity contribution in [2.24, 2.45) is 0 Å². The van der Waals surface area contributed by atoms with Crippen molar-refractivity contribution in [3.8, 4) is 11.5 Å². The first-order chi connectivity index (χ1) is 11.0. The summed E-state index contributed by atoms with van der Waals surface area (Å²) in [6, 6.07) is 5.04. The molecule has 0 aliphatic carbocycles. The molecule has 1 aromatic rings. The third-order valence-electron chi connectivity index (χ3n) is 3.50. The van der Waals surface area contributed by atoms with E-state index in [4.69, 9.17) is 26.4 Å². The molecule has 2 rings (SSSR count). The average Bonchev–Trinajstić information content (AvgIpc) is 2.54. The van der Waals surface area contributed by atoms with Gasteiger partial charge in [-0.3, -0.25) is 0 Å². The normalized spacial score (nSPS) is 17.2. The standard InChI is InChI=1S/C16H20N2O4S/c1-5-22-14-10(7-6-8-11(14)20-3)13-12(15(19)21-4)9(2)17-16(23)18-13/h6-8,13H,5H2,1-4H3,(H2,17,18,23)/t13-/m0/s1. The molecule has 1 aliphatic heterocycles. The lowest BCUT2D eigenvalue weighted by Gasteiger charge is -2.30. The zero-order valence-electron chi connectivity index (χ0n) is 13.6. The van der Waals surface area contributed by atoms with Gasteiger partial charge in [-0.15, -0.1) is 0 Å². The van der Waals surface area contributed by atoms with Crippen molar-refractivity contribution in [2.45, 2.75) is 19.9 Å². The number of nitrogens with one attached hydrogen (secondary N) is 2. The summed E-state index contributed by atoms with van der Waals surface area (Å²) < 4.78 is 16.0. The van der Waals surface area contributed by atoms with Crippen molar-refractivity contribution < 1.29 is 19.0 Å². The van der Waals surface area contributed by atoms with E-state index in [9.17, 15) is 4.79 Å². The van der Waals surface area contributed by atoms with Gasteiger partial charge in [0.15, 0.2) is 16.6 Å². The smallest absolute Gasteiger partial charge is 0.337 e. The molecule has 1 heterocycles. The molecule has 0 amide bonds. The fourth-order valence-corrected chi connectivity index (χ4v) is 2.80. The molecule has 0 saturated carbocycles. The molecule has 0 spiro atoms. The van der Waals surface area contributed by atoms with Crippen LogP contribution in [0.2, 0.25) is 0 Å². The number of benzene rings is 1. The molecule has 0 unspecified atom stereocenters. The largest absolute Gasteiger partial charge is 0.493 e. The second kappa shape index (κ2) is 7.32. The molecule has 0 aromatic heterocycles. The minimum Gasteiger partial charge on any atom is -0.493 e. The van der Waals surface area contributed by atoms with Gasteiger partial charge >= 0.3 is 5.97 Å². The summed E-state index contributed by atoms with van der Waals surface area (Å²) in [6.45, 7) is 4.14. The van der Waals surface area contributed by atoms with Crippen LogP contribution in [0.25, 0.3) is 0 Å². The Labute approximate surface area is 140 Å². The zero-order valence-corrected chi connectivity index (χ0v) is 14.4. The maximum atomic E-state index is 12.2. The van der Waals surface area contributed by atoms with Crippen LogP contribution >= 0.6 is 12.2 Å². The van der Waals surface area contributed by atoms with Crippen molar-refractivity contribution in [2.75, 3.05) is 20.8 Å². The van der Waals surface area contributed by atoms with E-state index in [0.717, 1.165) is 5.56 Å². The van der Waals surface area contributed by atoms with Crippen molar-refractivity contribution in [1.82, 2.24) is 10.6 Å². The monoisotopic (exact) mass is 336 g/mol. The average molecular weight is 336 g/mol. The number of carbonyl (C=O) groups is 1. The summed E-state index contributed by atoms with van der Waals surface area (Å²) in [5, 5.41) is 6.49. The first-order valence-corrected chi connectivity index (χ1v) is 7.60. The predicted octanol–water partition coefficient (Wildman–Crippen LogP) is 2.06. The summed E-state index contributed by atoms with van der Waals surface area (Å²) >= 11 is 5.22. The van der Waals surface area contributed by atoms with Crippen LogP contribution in [-0.4, -0.2) is 31.9 Å². The quantitative estimate of drug-likeness (QED) is 0.630. The van der Waals surface area contributed by atoms with E-state index in [1.807, 2.05) is 25.1 Å². The molecule has 6 nitrogen and oxygen atoms in total. The summed E-state index contributed by atoms with van der Waals surface area (Å²) in [4.78, 5) is 12.2. The Morgan fingerprint density at radius 3 is 2.70 bits per heavy atom. The van der Waals surface area contributed by atoms with Gasteiger partial charge in [-0.05, 0) is 32.1 Å². The number of rotatable bonds is 5. The van der Waals surface area contributed by atoms with Gasteiger partial charge in [-0.1, -0.05) is 12.1 Å². The number of hydrogen-bond acceptors (Lipinski definition) is 5. The third kappa shape index (κ3) is 3.39. The molecule has 0 saturated heterocycles. The number of hydrogen-bond donors (Lipinski definition) is 2. The topological polar surface area (TPSA) is 68.8 Å². The van der Waals surface area contributed by atoms with E-state index < -0.39 is 12.0 Å². The van der Waals surface area contributed by atoms with Gasteiger partial charge in [0.05, 0.1) is 32.4 Å². The van der Waals surface area contributed by atoms with Gasteiger partial charge in [0.2, 0.25) is 0 Å². The maximum absolute atomic E-state index is 12.2. The highest BCUT2D eigenvalue weighted by atomic mass is 32.1. The molecule has 1 aromatic carbocycles. The van der Waals surface area contributed by atoms with Gasteiger partial charge in [0, 0.05) is 11.3 Å². The van der Waals surface area contributed by atoms with Crippen LogP contribution in [0.5, 0.6) is 11.5 Å². The Morgan fingerprint density at radius 2 is 2.09 bits per heavy atom. The van der Waals surface area contributed by atoms with Gasteiger partial charge in [0.1, 0.15) is 0 Å². The number of allylic oxidation sites excluding steroid dienone is 1. The molecule has 0 bridgehead atoms. The SMILES string of the molecule is CCOc1c(OC)cccc1[C@@H]1NC(=S)NC(C)=C1C(=O)OC. The minimum atomic E-state index is -0.479. The predicted molar refractivity (Wildman–Crippen MR) is 90.5 cm³/mol. The molecule has 7 heteroatoms. The highest BCUT2D eigenvalue weighted by Crippen LogP contribution is 2.39. The lowest BCUT2D eigenvalue weighted by Crippen LogP contribution is -2.45. The van der Waals surface area contributed by atoms with E-state index >= 15 is 0 Å². The van der Waals surface area contributed by atoms with E-state index in [1.54, 1.807) is 14.0 Å². The summed E-state index contributed by atoms with van der Waals surface area (Å²) in [5.74, 6) is 0.742. The number of para-hydroxylation sites is 1. The number of ether oxygens (including phenoxy) is 3. The Hall–Kier alpha value is -2.28. The van der Waals surface area contributed by atoms with Crippen molar-refractivity contribution in [3.05, 3.63) is 35.0 Å².